The summed E-state index contributed by atoms with van der Waals surface area (Å²) in [5.41, 5.74) is 0. The van der Waals surface area contributed by atoms with Crippen LogP contribution in [0.3, 0.4) is 0 Å². The van der Waals surface area contributed by atoms with E-state index in [0.29, 0.717) is 19.6 Å². The third kappa shape index (κ3) is 13.7. The van der Waals surface area contributed by atoms with E-state index in [4.69, 9.17) is 4.74 Å². The van der Waals surface area contributed by atoms with Crippen molar-refractivity contribution >= 4 is 0 Å². The fraction of sp³-hybridized carbons (Fsp3) is 1.00. The molecule has 98 valence electrons. The zero-order valence-corrected chi connectivity index (χ0v) is 9.61. The van der Waals surface area contributed by atoms with Crippen molar-refractivity contribution in [1.29, 1.82) is 0 Å². The summed E-state index contributed by atoms with van der Waals surface area (Å²) in [5, 5.41) is 3.15. The first-order valence-corrected chi connectivity index (χ1v) is 5.49. The van der Waals surface area contributed by atoms with Crippen LogP contribution in [0, 0.1) is 0 Å². The van der Waals surface area contributed by atoms with Gasteiger partial charge in [-0.1, -0.05) is 6.92 Å². The Labute approximate surface area is 94.3 Å². The lowest BCUT2D eigenvalue weighted by molar-refractivity contribution is -0.174. The van der Waals surface area contributed by atoms with Crippen LogP contribution < -0.4 is 5.32 Å². The third-order valence-corrected chi connectivity index (χ3v) is 1.69. The molecule has 0 fully saturated rings. The van der Waals surface area contributed by atoms with Crippen molar-refractivity contribution in [3.63, 3.8) is 0 Å². The van der Waals surface area contributed by atoms with E-state index in [-0.39, 0.29) is 6.61 Å². The second-order valence-corrected chi connectivity index (χ2v) is 3.38. The quantitative estimate of drug-likeness (QED) is 0.595. The standard InChI is InChI=1S/C10H20F3NO2/c1-2-4-14-5-8-15-6-3-7-16-9-10(11,12)13/h14H,2-9H2,1H3. The van der Waals surface area contributed by atoms with Crippen LogP contribution in [-0.4, -0.2) is 45.7 Å². The van der Waals surface area contributed by atoms with Gasteiger partial charge in [0.05, 0.1) is 6.61 Å². The Hall–Kier alpha value is -0.330. The van der Waals surface area contributed by atoms with E-state index < -0.39 is 12.8 Å². The molecule has 0 bridgehead atoms. The number of ether oxygens (including phenoxy) is 2. The molecule has 0 amide bonds. The molecule has 0 heterocycles. The normalized spacial score (nSPS) is 12.0. The molecule has 0 atom stereocenters. The number of halogens is 3. The van der Waals surface area contributed by atoms with Gasteiger partial charge in [0, 0.05) is 19.8 Å². The maximum absolute atomic E-state index is 11.6. The molecular weight excluding hydrogens is 223 g/mol. The van der Waals surface area contributed by atoms with Crippen molar-refractivity contribution < 1.29 is 22.6 Å². The highest BCUT2D eigenvalue weighted by molar-refractivity contribution is 4.46. The molecule has 0 saturated heterocycles. The summed E-state index contributed by atoms with van der Waals surface area (Å²) in [5.74, 6) is 0. The molecule has 0 aromatic heterocycles. The van der Waals surface area contributed by atoms with E-state index in [1.165, 1.54) is 0 Å². The van der Waals surface area contributed by atoms with Crippen molar-refractivity contribution in [1.82, 2.24) is 5.32 Å². The smallest absolute Gasteiger partial charge is 0.380 e. The highest BCUT2D eigenvalue weighted by Gasteiger charge is 2.27. The van der Waals surface area contributed by atoms with Gasteiger partial charge in [0.15, 0.2) is 0 Å². The lowest BCUT2D eigenvalue weighted by Crippen LogP contribution is -2.21. The summed E-state index contributed by atoms with van der Waals surface area (Å²) < 4.78 is 44.5. The van der Waals surface area contributed by atoms with Crippen LogP contribution in [0.4, 0.5) is 13.2 Å². The maximum atomic E-state index is 11.6. The minimum atomic E-state index is -4.23. The number of nitrogens with one attached hydrogen (secondary N) is 1. The highest BCUT2D eigenvalue weighted by Crippen LogP contribution is 2.14. The van der Waals surface area contributed by atoms with Gasteiger partial charge in [-0.2, -0.15) is 13.2 Å². The van der Waals surface area contributed by atoms with Crippen molar-refractivity contribution in [3.05, 3.63) is 0 Å². The van der Waals surface area contributed by atoms with Gasteiger partial charge >= 0.3 is 6.18 Å². The van der Waals surface area contributed by atoms with Crippen molar-refractivity contribution in [2.24, 2.45) is 0 Å². The van der Waals surface area contributed by atoms with Gasteiger partial charge in [0.1, 0.15) is 6.61 Å². The fourth-order valence-corrected chi connectivity index (χ4v) is 0.999. The molecule has 0 aliphatic rings. The van der Waals surface area contributed by atoms with Crippen molar-refractivity contribution in [2.45, 2.75) is 25.9 Å². The Kier molecular flexibility index (Phi) is 9.66. The van der Waals surface area contributed by atoms with E-state index in [1.807, 2.05) is 0 Å². The molecule has 0 radical (unpaired) electrons. The number of hydrogen-bond acceptors (Lipinski definition) is 3. The van der Waals surface area contributed by atoms with Gasteiger partial charge < -0.3 is 14.8 Å². The van der Waals surface area contributed by atoms with Crippen LogP contribution in [0.15, 0.2) is 0 Å². The molecule has 0 aromatic carbocycles. The largest absolute Gasteiger partial charge is 0.411 e. The Balaban J connectivity index is 2.99. The molecule has 0 unspecified atom stereocenters. The Bertz CT molecular complexity index is 153. The first-order valence-electron chi connectivity index (χ1n) is 5.49. The average Bonchev–Trinajstić information content (AvgIpc) is 2.19. The summed E-state index contributed by atoms with van der Waals surface area (Å²) in [6.07, 6.45) is -2.67. The predicted molar refractivity (Wildman–Crippen MR) is 55.5 cm³/mol. The molecule has 3 nitrogen and oxygen atoms in total. The topological polar surface area (TPSA) is 30.5 Å². The summed E-state index contributed by atoms with van der Waals surface area (Å²) in [4.78, 5) is 0. The number of hydrogen-bond donors (Lipinski definition) is 1. The van der Waals surface area contributed by atoms with Gasteiger partial charge in [-0.25, -0.2) is 0 Å². The van der Waals surface area contributed by atoms with Crippen LogP contribution in [0.1, 0.15) is 19.8 Å². The molecule has 1 N–H and O–H groups in total. The van der Waals surface area contributed by atoms with Gasteiger partial charge in [-0.15, -0.1) is 0 Å². The molecule has 0 saturated carbocycles. The van der Waals surface area contributed by atoms with Gasteiger partial charge in [0.2, 0.25) is 0 Å². The lowest BCUT2D eigenvalue weighted by atomic mass is 10.5. The van der Waals surface area contributed by atoms with E-state index in [1.54, 1.807) is 0 Å². The van der Waals surface area contributed by atoms with Gasteiger partial charge in [-0.05, 0) is 19.4 Å². The van der Waals surface area contributed by atoms with Crippen LogP contribution >= 0.6 is 0 Å². The second-order valence-electron chi connectivity index (χ2n) is 3.38. The van der Waals surface area contributed by atoms with Crippen molar-refractivity contribution in [3.8, 4) is 0 Å². The lowest BCUT2D eigenvalue weighted by Gasteiger charge is -2.08. The number of alkyl halides is 3. The van der Waals surface area contributed by atoms with Crippen LogP contribution in [-0.2, 0) is 9.47 Å². The minimum absolute atomic E-state index is 0.0852. The number of rotatable bonds is 10. The SMILES string of the molecule is CCCNCCOCCCOCC(F)(F)F. The molecule has 0 aliphatic carbocycles. The average molecular weight is 243 g/mol. The van der Waals surface area contributed by atoms with E-state index >= 15 is 0 Å². The molecule has 6 heteroatoms. The first-order chi connectivity index (χ1) is 7.56. The summed E-state index contributed by atoms with van der Waals surface area (Å²) in [6.45, 7) is 3.74. The van der Waals surface area contributed by atoms with Crippen LogP contribution in [0.5, 0.6) is 0 Å². The molecule has 0 aromatic rings. The highest BCUT2D eigenvalue weighted by atomic mass is 19.4. The van der Waals surface area contributed by atoms with Crippen molar-refractivity contribution in [2.75, 3.05) is 39.5 Å². The van der Waals surface area contributed by atoms with Gasteiger partial charge in [-0.3, -0.25) is 0 Å². The predicted octanol–water partition coefficient (Wildman–Crippen LogP) is 1.97. The second kappa shape index (κ2) is 9.86. The van der Waals surface area contributed by atoms with E-state index in [0.717, 1.165) is 19.5 Å². The summed E-state index contributed by atoms with van der Waals surface area (Å²) >= 11 is 0. The van der Waals surface area contributed by atoms with E-state index in [2.05, 4.69) is 17.0 Å². The molecule has 0 rings (SSSR count). The third-order valence-electron chi connectivity index (χ3n) is 1.69. The summed E-state index contributed by atoms with van der Waals surface area (Å²) in [6, 6.07) is 0. The maximum Gasteiger partial charge on any atom is 0.411 e. The first kappa shape index (κ1) is 15.7. The van der Waals surface area contributed by atoms with E-state index in [9.17, 15) is 13.2 Å². The molecule has 0 aliphatic heterocycles. The fourth-order valence-electron chi connectivity index (χ4n) is 0.999. The van der Waals surface area contributed by atoms with Crippen LogP contribution in [0.2, 0.25) is 0 Å². The Morgan fingerprint density at radius 2 is 1.69 bits per heavy atom. The Morgan fingerprint density at radius 1 is 1.00 bits per heavy atom. The zero-order chi connectivity index (χ0) is 12.3. The summed E-state index contributed by atoms with van der Waals surface area (Å²) in [7, 11) is 0. The molecule has 0 spiro atoms. The molecular formula is C10H20F3NO2. The zero-order valence-electron chi connectivity index (χ0n) is 9.61. The van der Waals surface area contributed by atoms with Crippen LogP contribution in [0.25, 0.3) is 0 Å². The Morgan fingerprint density at radius 3 is 2.31 bits per heavy atom. The molecule has 16 heavy (non-hydrogen) atoms. The monoisotopic (exact) mass is 243 g/mol. The minimum Gasteiger partial charge on any atom is -0.380 e. The van der Waals surface area contributed by atoms with Gasteiger partial charge in [0.25, 0.3) is 0 Å².